The van der Waals surface area contributed by atoms with Crippen LogP contribution in [0.3, 0.4) is 0 Å². The van der Waals surface area contributed by atoms with E-state index in [1.165, 1.54) is 12.1 Å². The predicted octanol–water partition coefficient (Wildman–Crippen LogP) is 4.53. The van der Waals surface area contributed by atoms with Crippen LogP contribution >= 0.6 is 12.2 Å². The Morgan fingerprint density at radius 1 is 1.00 bits per heavy atom. The molecule has 0 aromatic heterocycles. The first kappa shape index (κ1) is 18.5. The van der Waals surface area contributed by atoms with Crippen LogP contribution in [0.1, 0.15) is 11.1 Å². The molecule has 1 aliphatic heterocycles. The van der Waals surface area contributed by atoms with Gasteiger partial charge in [0, 0.05) is 37.6 Å². The fourth-order valence-electron chi connectivity index (χ4n) is 2.97. The zero-order valence-corrected chi connectivity index (χ0v) is 15.2. The van der Waals surface area contributed by atoms with Crippen molar-refractivity contribution < 1.29 is 13.2 Å². The third-order valence-electron chi connectivity index (χ3n) is 4.37. The number of halogens is 3. The number of anilines is 2. The molecule has 2 aromatic rings. The van der Waals surface area contributed by atoms with E-state index in [-0.39, 0.29) is 0 Å². The van der Waals surface area contributed by atoms with Crippen molar-refractivity contribution in [3.63, 3.8) is 0 Å². The van der Waals surface area contributed by atoms with E-state index in [1.54, 1.807) is 6.07 Å². The predicted molar refractivity (Wildman–Crippen MR) is 103 cm³/mol. The molecule has 7 heteroatoms. The fourth-order valence-corrected chi connectivity index (χ4v) is 3.27. The van der Waals surface area contributed by atoms with Crippen LogP contribution < -0.4 is 10.2 Å². The van der Waals surface area contributed by atoms with Gasteiger partial charge in [-0.2, -0.15) is 13.2 Å². The number of thiocarbonyl (C=S) groups is 1. The Labute approximate surface area is 156 Å². The van der Waals surface area contributed by atoms with E-state index < -0.39 is 11.7 Å². The molecule has 1 N–H and O–H groups in total. The monoisotopic (exact) mass is 379 g/mol. The van der Waals surface area contributed by atoms with Crippen molar-refractivity contribution >= 4 is 28.7 Å². The lowest BCUT2D eigenvalue weighted by molar-refractivity contribution is -0.137. The molecule has 0 spiro atoms. The van der Waals surface area contributed by atoms with Crippen LogP contribution in [0.25, 0.3) is 0 Å². The lowest BCUT2D eigenvalue weighted by Gasteiger charge is -2.37. The summed E-state index contributed by atoms with van der Waals surface area (Å²) >= 11 is 5.47. The van der Waals surface area contributed by atoms with Crippen LogP contribution in [0.15, 0.2) is 48.5 Å². The summed E-state index contributed by atoms with van der Waals surface area (Å²) in [6, 6.07) is 13.4. The Balaban J connectivity index is 1.60. The first-order valence-corrected chi connectivity index (χ1v) is 8.78. The molecule has 1 aliphatic rings. The maximum absolute atomic E-state index is 12.9. The van der Waals surface area contributed by atoms with E-state index in [4.69, 9.17) is 12.2 Å². The summed E-state index contributed by atoms with van der Waals surface area (Å²) in [6.45, 7) is 4.58. The second kappa shape index (κ2) is 7.53. The smallest absolute Gasteiger partial charge is 0.368 e. The summed E-state index contributed by atoms with van der Waals surface area (Å²) in [5.74, 6) is 0. The van der Waals surface area contributed by atoms with Gasteiger partial charge in [0.15, 0.2) is 5.11 Å². The normalized spacial score (nSPS) is 15.1. The molecular formula is C19H20F3N3S. The van der Waals surface area contributed by atoms with Gasteiger partial charge in [-0.3, -0.25) is 0 Å². The highest BCUT2D eigenvalue weighted by Crippen LogP contribution is 2.31. The third-order valence-corrected chi connectivity index (χ3v) is 4.74. The standard InChI is InChI=1S/C19H20F3N3S/c1-14-4-2-6-16(12-14)23-18(26)25-10-8-24(9-11-25)17-7-3-5-15(13-17)19(20,21)22/h2-7,12-13H,8-11H2,1H3,(H,23,26). The Bertz CT molecular complexity index is 784. The lowest BCUT2D eigenvalue weighted by atomic mass is 10.1. The van der Waals surface area contributed by atoms with Gasteiger partial charge in [0.25, 0.3) is 0 Å². The van der Waals surface area contributed by atoms with Crippen molar-refractivity contribution in [2.24, 2.45) is 0 Å². The molecule has 3 rings (SSSR count). The molecule has 26 heavy (non-hydrogen) atoms. The van der Waals surface area contributed by atoms with Crippen LogP contribution in [-0.4, -0.2) is 36.2 Å². The Morgan fingerprint density at radius 3 is 2.35 bits per heavy atom. The molecule has 0 radical (unpaired) electrons. The van der Waals surface area contributed by atoms with Crippen molar-refractivity contribution in [3.8, 4) is 0 Å². The number of nitrogens with one attached hydrogen (secondary N) is 1. The molecule has 1 heterocycles. The fraction of sp³-hybridized carbons (Fsp3) is 0.316. The molecule has 138 valence electrons. The SMILES string of the molecule is Cc1cccc(NC(=S)N2CCN(c3cccc(C(F)(F)F)c3)CC2)c1. The minimum Gasteiger partial charge on any atom is -0.368 e. The van der Waals surface area contributed by atoms with Crippen LogP contribution in [0.5, 0.6) is 0 Å². The quantitative estimate of drug-likeness (QED) is 0.773. The second-order valence-corrected chi connectivity index (χ2v) is 6.71. The Kier molecular flexibility index (Phi) is 5.36. The van der Waals surface area contributed by atoms with E-state index >= 15 is 0 Å². The summed E-state index contributed by atoms with van der Waals surface area (Å²) in [5.41, 5.74) is 2.06. The number of benzene rings is 2. The van der Waals surface area contributed by atoms with Gasteiger partial charge in [0.2, 0.25) is 0 Å². The van der Waals surface area contributed by atoms with E-state index in [2.05, 4.69) is 5.32 Å². The van der Waals surface area contributed by atoms with Crippen molar-refractivity contribution in [1.82, 2.24) is 4.90 Å². The summed E-state index contributed by atoms with van der Waals surface area (Å²) in [5, 5.41) is 3.86. The van der Waals surface area contributed by atoms with Crippen LogP contribution in [0.4, 0.5) is 24.5 Å². The zero-order valence-electron chi connectivity index (χ0n) is 14.4. The number of aryl methyl sites for hydroxylation is 1. The topological polar surface area (TPSA) is 18.5 Å². The van der Waals surface area contributed by atoms with Gasteiger partial charge in [-0.15, -0.1) is 0 Å². The van der Waals surface area contributed by atoms with Crippen molar-refractivity contribution in [2.45, 2.75) is 13.1 Å². The first-order valence-electron chi connectivity index (χ1n) is 8.38. The van der Waals surface area contributed by atoms with Gasteiger partial charge in [-0.25, -0.2) is 0 Å². The molecule has 0 atom stereocenters. The van der Waals surface area contributed by atoms with Crippen molar-refractivity contribution in [1.29, 1.82) is 0 Å². The van der Waals surface area contributed by atoms with E-state index in [0.717, 1.165) is 17.3 Å². The molecule has 3 nitrogen and oxygen atoms in total. The van der Waals surface area contributed by atoms with E-state index in [0.29, 0.717) is 37.0 Å². The van der Waals surface area contributed by atoms with Crippen molar-refractivity contribution in [3.05, 3.63) is 59.7 Å². The van der Waals surface area contributed by atoms with Gasteiger partial charge < -0.3 is 15.1 Å². The molecule has 0 bridgehead atoms. The van der Waals surface area contributed by atoms with Gasteiger partial charge in [-0.1, -0.05) is 18.2 Å². The van der Waals surface area contributed by atoms with E-state index in [1.807, 2.05) is 41.0 Å². The molecule has 1 saturated heterocycles. The number of rotatable bonds is 2. The molecule has 0 unspecified atom stereocenters. The van der Waals surface area contributed by atoms with Crippen LogP contribution in [0, 0.1) is 6.92 Å². The minimum absolute atomic E-state index is 0.594. The number of piperazine rings is 1. The number of hydrogen-bond donors (Lipinski definition) is 1. The third kappa shape index (κ3) is 4.46. The van der Waals surface area contributed by atoms with Gasteiger partial charge in [-0.05, 0) is 55.0 Å². The Morgan fingerprint density at radius 2 is 1.69 bits per heavy atom. The second-order valence-electron chi connectivity index (χ2n) is 6.32. The number of nitrogens with zero attached hydrogens (tertiary/aromatic N) is 2. The average Bonchev–Trinajstić information content (AvgIpc) is 2.61. The van der Waals surface area contributed by atoms with Crippen molar-refractivity contribution in [2.75, 3.05) is 36.4 Å². The summed E-state index contributed by atoms with van der Waals surface area (Å²) in [7, 11) is 0. The summed E-state index contributed by atoms with van der Waals surface area (Å²) in [6.07, 6.45) is -4.32. The molecular weight excluding hydrogens is 359 g/mol. The zero-order chi connectivity index (χ0) is 18.7. The maximum Gasteiger partial charge on any atom is 0.416 e. The van der Waals surface area contributed by atoms with Crippen LogP contribution in [-0.2, 0) is 6.18 Å². The highest BCUT2D eigenvalue weighted by Gasteiger charge is 2.31. The Hall–Kier alpha value is -2.28. The highest BCUT2D eigenvalue weighted by molar-refractivity contribution is 7.80. The minimum atomic E-state index is -4.32. The maximum atomic E-state index is 12.9. The van der Waals surface area contributed by atoms with Gasteiger partial charge >= 0.3 is 6.18 Å². The molecule has 0 amide bonds. The van der Waals surface area contributed by atoms with E-state index in [9.17, 15) is 13.2 Å². The highest BCUT2D eigenvalue weighted by atomic mass is 32.1. The number of hydrogen-bond acceptors (Lipinski definition) is 2. The lowest BCUT2D eigenvalue weighted by Crippen LogP contribution is -2.50. The molecule has 0 saturated carbocycles. The van der Waals surface area contributed by atoms with Crippen LogP contribution in [0.2, 0.25) is 0 Å². The average molecular weight is 379 g/mol. The molecule has 1 fully saturated rings. The number of alkyl halides is 3. The summed E-state index contributed by atoms with van der Waals surface area (Å²) < 4.78 is 38.7. The van der Waals surface area contributed by atoms with Gasteiger partial charge in [0.1, 0.15) is 0 Å². The first-order chi connectivity index (χ1) is 12.3. The summed E-state index contributed by atoms with van der Waals surface area (Å²) in [4.78, 5) is 4.00. The van der Waals surface area contributed by atoms with Gasteiger partial charge in [0.05, 0.1) is 5.56 Å². The molecule has 2 aromatic carbocycles. The molecule has 0 aliphatic carbocycles. The largest absolute Gasteiger partial charge is 0.416 e.